The Hall–Kier alpha value is -2.40. The molecule has 4 nitrogen and oxygen atoms in total. The summed E-state index contributed by atoms with van der Waals surface area (Å²) in [5.41, 5.74) is 2.92. The van der Waals surface area contributed by atoms with Crippen molar-refractivity contribution in [2.75, 3.05) is 10.7 Å². The number of anilines is 1. The SMILES string of the molecule is Cc1ccc(N(C(=O)CCc2ccccc2)[C@@H]2C=CS(=O)(=O)C2)cc1. The molecule has 2 aromatic rings. The zero-order valence-electron chi connectivity index (χ0n) is 14.1. The zero-order valence-corrected chi connectivity index (χ0v) is 14.9. The van der Waals surface area contributed by atoms with Crippen LogP contribution in [0, 0.1) is 6.92 Å². The lowest BCUT2D eigenvalue weighted by atomic mass is 10.1. The number of carbonyl (C=O) groups excluding carboxylic acids is 1. The standard InChI is InChI=1S/C20H21NO3S/c1-16-7-10-18(11-8-16)21(19-13-14-25(23,24)15-19)20(22)12-9-17-5-3-2-4-6-17/h2-8,10-11,13-14,19H,9,12,15H2,1H3/t19-/m1/s1. The second-order valence-corrected chi connectivity index (χ2v) is 8.24. The number of hydrogen-bond donors (Lipinski definition) is 0. The molecular formula is C20H21NO3S. The molecule has 1 heterocycles. The zero-order chi connectivity index (χ0) is 17.9. The van der Waals surface area contributed by atoms with Gasteiger partial charge in [0.2, 0.25) is 5.91 Å². The smallest absolute Gasteiger partial charge is 0.227 e. The van der Waals surface area contributed by atoms with E-state index in [2.05, 4.69) is 0 Å². The van der Waals surface area contributed by atoms with Gasteiger partial charge >= 0.3 is 0 Å². The summed E-state index contributed by atoms with van der Waals surface area (Å²) >= 11 is 0. The van der Waals surface area contributed by atoms with Gasteiger partial charge in [-0.15, -0.1) is 0 Å². The second kappa shape index (κ2) is 7.23. The van der Waals surface area contributed by atoms with Crippen LogP contribution in [0.15, 0.2) is 66.1 Å². The Kier molecular flexibility index (Phi) is 5.04. The normalized spacial score (nSPS) is 18.2. The van der Waals surface area contributed by atoms with Gasteiger partial charge < -0.3 is 4.90 Å². The summed E-state index contributed by atoms with van der Waals surface area (Å²) in [4.78, 5) is 14.5. The maximum absolute atomic E-state index is 12.9. The van der Waals surface area contributed by atoms with Crippen LogP contribution in [0.5, 0.6) is 0 Å². The summed E-state index contributed by atoms with van der Waals surface area (Å²) in [6.45, 7) is 1.98. The van der Waals surface area contributed by atoms with Crippen LogP contribution in [0.3, 0.4) is 0 Å². The molecule has 1 atom stereocenters. The lowest BCUT2D eigenvalue weighted by Gasteiger charge is -2.28. The Balaban J connectivity index is 1.82. The summed E-state index contributed by atoms with van der Waals surface area (Å²) in [6.07, 6.45) is 2.57. The Bertz CT molecular complexity index is 871. The van der Waals surface area contributed by atoms with E-state index in [1.807, 2.05) is 61.5 Å². The van der Waals surface area contributed by atoms with Crippen LogP contribution in [-0.2, 0) is 21.1 Å². The van der Waals surface area contributed by atoms with Gasteiger partial charge in [-0.3, -0.25) is 4.79 Å². The van der Waals surface area contributed by atoms with E-state index in [1.54, 1.807) is 11.0 Å². The topological polar surface area (TPSA) is 54.5 Å². The molecule has 130 valence electrons. The number of nitrogens with zero attached hydrogens (tertiary/aromatic N) is 1. The highest BCUT2D eigenvalue weighted by molar-refractivity contribution is 7.94. The van der Waals surface area contributed by atoms with Crippen molar-refractivity contribution < 1.29 is 13.2 Å². The molecule has 25 heavy (non-hydrogen) atoms. The first-order valence-electron chi connectivity index (χ1n) is 8.28. The third-order valence-electron chi connectivity index (χ3n) is 4.29. The lowest BCUT2D eigenvalue weighted by Crippen LogP contribution is -2.41. The van der Waals surface area contributed by atoms with Gasteiger partial charge in [0.25, 0.3) is 0 Å². The molecule has 0 saturated heterocycles. The van der Waals surface area contributed by atoms with E-state index in [9.17, 15) is 13.2 Å². The van der Waals surface area contributed by atoms with E-state index in [4.69, 9.17) is 0 Å². The van der Waals surface area contributed by atoms with Gasteiger partial charge in [-0.25, -0.2) is 8.42 Å². The van der Waals surface area contributed by atoms with Crippen molar-refractivity contribution in [1.82, 2.24) is 0 Å². The van der Waals surface area contributed by atoms with Gasteiger partial charge in [0.15, 0.2) is 9.84 Å². The fourth-order valence-corrected chi connectivity index (χ4v) is 4.23. The minimum absolute atomic E-state index is 0.0576. The van der Waals surface area contributed by atoms with Crippen molar-refractivity contribution in [2.24, 2.45) is 0 Å². The number of sulfone groups is 1. The van der Waals surface area contributed by atoms with E-state index in [0.29, 0.717) is 12.8 Å². The number of amides is 1. The highest BCUT2D eigenvalue weighted by Crippen LogP contribution is 2.24. The van der Waals surface area contributed by atoms with Crippen LogP contribution in [0.25, 0.3) is 0 Å². The van der Waals surface area contributed by atoms with E-state index < -0.39 is 15.9 Å². The first kappa shape index (κ1) is 17.4. The second-order valence-electron chi connectivity index (χ2n) is 6.31. The van der Waals surface area contributed by atoms with Crippen LogP contribution in [0.4, 0.5) is 5.69 Å². The average molecular weight is 355 g/mol. The summed E-state index contributed by atoms with van der Waals surface area (Å²) in [5.74, 6) is -0.128. The monoisotopic (exact) mass is 355 g/mol. The van der Waals surface area contributed by atoms with Gasteiger partial charge in [0.1, 0.15) is 0 Å². The van der Waals surface area contributed by atoms with Gasteiger partial charge in [-0.2, -0.15) is 0 Å². The molecule has 0 bridgehead atoms. The van der Waals surface area contributed by atoms with E-state index in [0.717, 1.165) is 16.8 Å². The number of hydrogen-bond acceptors (Lipinski definition) is 3. The molecule has 0 aromatic heterocycles. The molecule has 1 amide bonds. The van der Waals surface area contributed by atoms with Crippen molar-refractivity contribution in [1.29, 1.82) is 0 Å². The molecular weight excluding hydrogens is 334 g/mol. The minimum Gasteiger partial charge on any atom is -0.304 e. The van der Waals surface area contributed by atoms with E-state index in [-0.39, 0.29) is 11.7 Å². The Morgan fingerprint density at radius 2 is 1.76 bits per heavy atom. The van der Waals surface area contributed by atoms with Crippen LogP contribution in [0.2, 0.25) is 0 Å². The number of rotatable bonds is 5. The molecule has 0 N–H and O–H groups in total. The molecule has 0 aliphatic carbocycles. The highest BCUT2D eigenvalue weighted by atomic mass is 32.2. The Morgan fingerprint density at radius 1 is 1.08 bits per heavy atom. The van der Waals surface area contributed by atoms with Crippen LogP contribution >= 0.6 is 0 Å². The van der Waals surface area contributed by atoms with Crippen LogP contribution in [0.1, 0.15) is 17.5 Å². The summed E-state index contributed by atoms with van der Waals surface area (Å²) < 4.78 is 23.6. The van der Waals surface area contributed by atoms with Crippen molar-refractivity contribution in [2.45, 2.75) is 25.8 Å². The van der Waals surface area contributed by atoms with Crippen LogP contribution in [-0.4, -0.2) is 26.1 Å². The number of carbonyl (C=O) groups is 1. The van der Waals surface area contributed by atoms with Crippen LogP contribution < -0.4 is 4.90 Å². The third-order valence-corrected chi connectivity index (χ3v) is 5.67. The summed E-state index contributed by atoms with van der Waals surface area (Å²) in [6, 6.07) is 17.0. The van der Waals surface area contributed by atoms with Crippen molar-refractivity contribution in [3.8, 4) is 0 Å². The highest BCUT2D eigenvalue weighted by Gasteiger charge is 2.31. The lowest BCUT2D eigenvalue weighted by molar-refractivity contribution is -0.118. The Morgan fingerprint density at radius 3 is 2.36 bits per heavy atom. The third kappa shape index (κ3) is 4.37. The Labute approximate surface area is 148 Å². The minimum atomic E-state index is -3.23. The molecule has 0 fully saturated rings. The first-order valence-corrected chi connectivity index (χ1v) is 10.00. The molecule has 5 heteroatoms. The quantitative estimate of drug-likeness (QED) is 0.827. The van der Waals surface area contributed by atoms with Crippen molar-refractivity contribution in [3.63, 3.8) is 0 Å². The summed E-state index contributed by atoms with van der Waals surface area (Å²) in [5, 5.41) is 1.21. The van der Waals surface area contributed by atoms with Gasteiger partial charge in [-0.05, 0) is 37.1 Å². The van der Waals surface area contributed by atoms with Crippen molar-refractivity contribution >= 4 is 21.4 Å². The molecule has 0 spiro atoms. The fourth-order valence-electron chi connectivity index (χ4n) is 2.96. The first-order chi connectivity index (χ1) is 11.9. The number of benzene rings is 2. The van der Waals surface area contributed by atoms with Gasteiger partial charge in [-0.1, -0.05) is 48.0 Å². The molecule has 1 aliphatic rings. The molecule has 0 saturated carbocycles. The van der Waals surface area contributed by atoms with E-state index >= 15 is 0 Å². The maximum Gasteiger partial charge on any atom is 0.227 e. The van der Waals surface area contributed by atoms with Gasteiger partial charge in [0.05, 0.1) is 11.8 Å². The largest absolute Gasteiger partial charge is 0.304 e. The van der Waals surface area contributed by atoms with Gasteiger partial charge in [0, 0.05) is 17.5 Å². The van der Waals surface area contributed by atoms with Crippen molar-refractivity contribution in [3.05, 3.63) is 77.2 Å². The summed E-state index contributed by atoms with van der Waals surface area (Å²) in [7, 11) is -3.23. The predicted octanol–water partition coefficient (Wildman–Crippen LogP) is 3.27. The molecule has 0 radical (unpaired) electrons. The average Bonchev–Trinajstić information content (AvgIpc) is 2.95. The molecule has 3 rings (SSSR count). The van der Waals surface area contributed by atoms with E-state index in [1.165, 1.54) is 5.41 Å². The fraction of sp³-hybridized carbons (Fsp3) is 0.250. The molecule has 2 aromatic carbocycles. The molecule has 0 unspecified atom stereocenters. The maximum atomic E-state index is 12.9. The molecule has 1 aliphatic heterocycles. The predicted molar refractivity (Wildman–Crippen MR) is 100 cm³/mol. The number of aryl methyl sites for hydroxylation is 2.